The average Bonchev–Trinajstić information content (AvgIpc) is 3.34. The minimum absolute atomic E-state index is 0.111. The van der Waals surface area contributed by atoms with Crippen LogP contribution in [0, 0.1) is 10.1 Å². The lowest BCUT2D eigenvalue weighted by Gasteiger charge is -2.21. The molecule has 0 bridgehead atoms. The highest BCUT2D eigenvalue weighted by molar-refractivity contribution is 7.89. The molecule has 0 saturated carbocycles. The number of sulfonamides is 1. The Morgan fingerprint density at radius 2 is 1.74 bits per heavy atom. The van der Waals surface area contributed by atoms with E-state index >= 15 is 0 Å². The fourth-order valence-corrected chi connectivity index (χ4v) is 4.95. The second kappa shape index (κ2) is 7.81. The molecule has 1 aromatic carbocycles. The van der Waals surface area contributed by atoms with Crippen LogP contribution >= 0.6 is 0 Å². The molecule has 148 valence electrons. The zero-order valence-electron chi connectivity index (χ0n) is 15.2. The molecule has 1 aromatic rings. The van der Waals surface area contributed by atoms with Crippen LogP contribution in [0.25, 0.3) is 0 Å². The highest BCUT2D eigenvalue weighted by Gasteiger charge is 2.31. The van der Waals surface area contributed by atoms with Gasteiger partial charge in [-0.25, -0.2) is 8.42 Å². The van der Waals surface area contributed by atoms with E-state index in [2.05, 4.69) is 0 Å². The molecule has 1 amide bonds. The quantitative estimate of drug-likeness (QED) is 0.534. The highest BCUT2D eigenvalue weighted by atomic mass is 32.2. The van der Waals surface area contributed by atoms with Crippen molar-refractivity contribution in [2.45, 2.75) is 43.6 Å². The van der Waals surface area contributed by atoms with E-state index in [1.807, 2.05) is 0 Å². The normalized spacial score (nSPS) is 19.2. The first-order chi connectivity index (χ1) is 12.8. The predicted molar refractivity (Wildman–Crippen MR) is 97.0 cm³/mol. The molecule has 2 saturated heterocycles. The van der Waals surface area contributed by atoms with Crippen LogP contribution in [0.1, 0.15) is 32.6 Å². The van der Waals surface area contributed by atoms with E-state index in [0.29, 0.717) is 26.2 Å². The Bertz CT molecular complexity index is 829. The van der Waals surface area contributed by atoms with Gasteiger partial charge in [0.1, 0.15) is 0 Å². The summed E-state index contributed by atoms with van der Waals surface area (Å²) in [5, 5.41) is 11.5. The molecule has 3 rings (SSSR count). The summed E-state index contributed by atoms with van der Waals surface area (Å²) >= 11 is 0. The molecule has 0 unspecified atom stereocenters. The first kappa shape index (κ1) is 19.6. The third-order valence-electron chi connectivity index (χ3n) is 4.90. The molecule has 0 aromatic heterocycles. The van der Waals surface area contributed by atoms with Gasteiger partial charge in [0.25, 0.3) is 5.91 Å². The second-order valence-electron chi connectivity index (χ2n) is 6.79. The summed E-state index contributed by atoms with van der Waals surface area (Å²) in [6.45, 7) is 3.67. The van der Waals surface area contributed by atoms with E-state index in [9.17, 15) is 23.3 Å². The third kappa shape index (κ3) is 4.06. The van der Waals surface area contributed by atoms with Gasteiger partial charge in [-0.05, 0) is 44.7 Å². The van der Waals surface area contributed by atoms with Gasteiger partial charge in [0.2, 0.25) is 10.0 Å². The number of likely N-dealkylation sites (tertiary alicyclic amines) is 1. The second-order valence-corrected chi connectivity index (χ2v) is 8.73. The number of carbonyl (C=O) groups excluding carboxylic acids is 1. The van der Waals surface area contributed by atoms with E-state index in [4.69, 9.17) is 4.74 Å². The van der Waals surface area contributed by atoms with Crippen molar-refractivity contribution in [2.75, 3.05) is 26.2 Å². The van der Waals surface area contributed by atoms with Gasteiger partial charge < -0.3 is 9.64 Å². The van der Waals surface area contributed by atoms with Crippen LogP contribution in [0.3, 0.4) is 0 Å². The maximum absolute atomic E-state index is 12.6. The summed E-state index contributed by atoms with van der Waals surface area (Å²) in [6.07, 6.45) is 2.53. The minimum atomic E-state index is -3.77. The van der Waals surface area contributed by atoms with Gasteiger partial charge >= 0.3 is 5.69 Å². The Labute approximate surface area is 158 Å². The fraction of sp³-hybridized carbons (Fsp3) is 0.588. The minimum Gasteiger partial charge on any atom is -0.474 e. The van der Waals surface area contributed by atoms with Crippen molar-refractivity contribution in [2.24, 2.45) is 0 Å². The lowest BCUT2D eigenvalue weighted by molar-refractivity contribution is -0.386. The van der Waals surface area contributed by atoms with Crippen molar-refractivity contribution in [3.8, 4) is 5.75 Å². The topological polar surface area (TPSA) is 110 Å². The number of hydrogen-bond donors (Lipinski definition) is 0. The fourth-order valence-electron chi connectivity index (χ4n) is 3.41. The first-order valence-electron chi connectivity index (χ1n) is 9.05. The molecular formula is C17H23N3O6S. The summed E-state index contributed by atoms with van der Waals surface area (Å²) < 4.78 is 32.1. The number of hydrogen-bond acceptors (Lipinski definition) is 6. The van der Waals surface area contributed by atoms with Crippen LogP contribution in [0.5, 0.6) is 5.75 Å². The highest BCUT2D eigenvalue weighted by Crippen LogP contribution is 2.32. The van der Waals surface area contributed by atoms with Crippen LogP contribution in [-0.4, -0.2) is 60.7 Å². The van der Waals surface area contributed by atoms with Crippen molar-refractivity contribution < 1.29 is 22.9 Å². The monoisotopic (exact) mass is 397 g/mol. The number of nitro benzene ring substituents is 1. The van der Waals surface area contributed by atoms with Gasteiger partial charge in [0.15, 0.2) is 11.9 Å². The molecule has 1 atom stereocenters. The van der Waals surface area contributed by atoms with Crippen molar-refractivity contribution in [1.82, 2.24) is 9.21 Å². The molecule has 2 aliphatic heterocycles. The van der Waals surface area contributed by atoms with Crippen LogP contribution in [0.15, 0.2) is 23.1 Å². The summed E-state index contributed by atoms with van der Waals surface area (Å²) in [6, 6.07) is 3.56. The van der Waals surface area contributed by atoms with E-state index < -0.39 is 26.7 Å². The number of ether oxygens (including phenoxy) is 1. The molecule has 0 aliphatic carbocycles. The summed E-state index contributed by atoms with van der Waals surface area (Å²) in [5.41, 5.74) is -0.462. The van der Waals surface area contributed by atoms with Gasteiger partial charge in [-0.15, -0.1) is 0 Å². The van der Waals surface area contributed by atoms with Crippen LogP contribution < -0.4 is 4.74 Å². The molecule has 9 nitrogen and oxygen atoms in total. The third-order valence-corrected chi connectivity index (χ3v) is 6.79. The Kier molecular flexibility index (Phi) is 5.66. The van der Waals surface area contributed by atoms with Gasteiger partial charge in [0.05, 0.1) is 9.82 Å². The van der Waals surface area contributed by atoms with Gasteiger partial charge in [-0.1, -0.05) is 0 Å². The summed E-state index contributed by atoms with van der Waals surface area (Å²) in [5.74, 6) is -0.337. The van der Waals surface area contributed by atoms with Crippen LogP contribution in [-0.2, 0) is 14.8 Å². The SMILES string of the molecule is C[C@H](Oc1ccc(S(=O)(=O)N2CCCC2)cc1[N+](=O)[O-])C(=O)N1CCCC1. The molecule has 2 aliphatic rings. The zero-order valence-corrected chi connectivity index (χ0v) is 16.0. The lowest BCUT2D eigenvalue weighted by Crippen LogP contribution is -2.38. The molecule has 2 fully saturated rings. The van der Waals surface area contributed by atoms with Gasteiger partial charge in [-0.3, -0.25) is 14.9 Å². The van der Waals surface area contributed by atoms with Crippen molar-refractivity contribution >= 4 is 21.6 Å². The summed E-state index contributed by atoms with van der Waals surface area (Å²) in [4.78, 5) is 24.7. The number of nitro groups is 1. The van der Waals surface area contributed by atoms with E-state index in [0.717, 1.165) is 31.7 Å². The Balaban J connectivity index is 1.83. The smallest absolute Gasteiger partial charge is 0.312 e. The standard InChI is InChI=1S/C17H23N3O6S/c1-13(17(21)18-8-2-3-9-18)26-16-7-6-14(12-15(16)20(22)23)27(24,25)19-10-4-5-11-19/h6-7,12-13H,2-5,8-11H2,1H3/t13-/m0/s1. The number of amides is 1. The molecule has 0 N–H and O–H groups in total. The molecule has 0 radical (unpaired) electrons. The van der Waals surface area contributed by atoms with Crippen LogP contribution in [0.4, 0.5) is 5.69 Å². The molecular weight excluding hydrogens is 374 g/mol. The Morgan fingerprint density at radius 1 is 1.15 bits per heavy atom. The van der Waals surface area contributed by atoms with Crippen molar-refractivity contribution in [3.63, 3.8) is 0 Å². The summed E-state index contributed by atoms with van der Waals surface area (Å²) in [7, 11) is -3.77. The zero-order chi connectivity index (χ0) is 19.6. The van der Waals surface area contributed by atoms with E-state index in [-0.39, 0.29) is 16.6 Å². The molecule has 2 heterocycles. The number of nitrogens with zero attached hydrogens (tertiary/aromatic N) is 3. The van der Waals surface area contributed by atoms with Gasteiger partial charge in [0, 0.05) is 32.2 Å². The largest absolute Gasteiger partial charge is 0.474 e. The Hall–Kier alpha value is -2.20. The lowest BCUT2D eigenvalue weighted by atomic mass is 10.3. The number of benzene rings is 1. The predicted octanol–water partition coefficient (Wildman–Crippen LogP) is 1.77. The molecule has 27 heavy (non-hydrogen) atoms. The number of rotatable bonds is 6. The average molecular weight is 397 g/mol. The van der Waals surface area contributed by atoms with Crippen molar-refractivity contribution in [3.05, 3.63) is 28.3 Å². The van der Waals surface area contributed by atoms with E-state index in [1.54, 1.807) is 11.8 Å². The van der Waals surface area contributed by atoms with Gasteiger partial charge in [-0.2, -0.15) is 4.31 Å². The molecule has 0 spiro atoms. The Morgan fingerprint density at radius 3 is 2.33 bits per heavy atom. The van der Waals surface area contributed by atoms with Crippen molar-refractivity contribution in [1.29, 1.82) is 0 Å². The number of carbonyl (C=O) groups is 1. The maximum atomic E-state index is 12.6. The maximum Gasteiger partial charge on any atom is 0.312 e. The molecule has 10 heteroatoms. The van der Waals surface area contributed by atoms with E-state index in [1.165, 1.54) is 16.4 Å². The van der Waals surface area contributed by atoms with Crippen LogP contribution in [0.2, 0.25) is 0 Å². The first-order valence-corrected chi connectivity index (χ1v) is 10.5.